The van der Waals surface area contributed by atoms with Gasteiger partial charge in [0.15, 0.2) is 9.84 Å². The van der Waals surface area contributed by atoms with Crippen molar-refractivity contribution in [3.8, 4) is 0 Å². The summed E-state index contributed by atoms with van der Waals surface area (Å²) < 4.78 is 22.7. The zero-order chi connectivity index (χ0) is 11.1. The largest absolute Gasteiger partial charge is 0.298 e. The molecule has 1 rings (SSSR count). The van der Waals surface area contributed by atoms with Gasteiger partial charge in [0.25, 0.3) is 0 Å². The number of rotatable bonds is 7. The van der Waals surface area contributed by atoms with E-state index in [4.69, 9.17) is 4.84 Å². The lowest BCUT2D eigenvalue weighted by Crippen LogP contribution is -2.28. The Hall–Kier alpha value is -0.130. The number of hydrogen-bond acceptors (Lipinski definition) is 4. The third-order valence-electron chi connectivity index (χ3n) is 2.58. The maximum absolute atomic E-state index is 11.3. The zero-order valence-electron chi connectivity index (χ0n) is 9.37. The van der Waals surface area contributed by atoms with Gasteiger partial charge in [-0.2, -0.15) is 0 Å². The molecule has 1 aliphatic carbocycles. The average Bonchev–Trinajstić information content (AvgIpc) is 2.65. The summed E-state index contributed by atoms with van der Waals surface area (Å²) in [6, 6.07) is 0. The Labute approximate surface area is 92.3 Å². The van der Waals surface area contributed by atoms with Crippen molar-refractivity contribution in [2.24, 2.45) is 0 Å². The van der Waals surface area contributed by atoms with E-state index in [2.05, 4.69) is 5.48 Å². The smallest absolute Gasteiger partial charge is 0.151 e. The molecule has 15 heavy (non-hydrogen) atoms. The highest BCUT2D eigenvalue weighted by molar-refractivity contribution is 7.91. The van der Waals surface area contributed by atoms with E-state index in [1.807, 2.05) is 6.92 Å². The standard InChI is InChI=1S/C10H21NO3S/c1-2-8-15(12,13)9-7-11-14-10-5-3-4-6-10/h10-11H,2-9H2,1H3. The molecular weight excluding hydrogens is 214 g/mol. The topological polar surface area (TPSA) is 55.4 Å². The third kappa shape index (κ3) is 5.49. The molecule has 0 aromatic heterocycles. The molecule has 4 nitrogen and oxygen atoms in total. The average molecular weight is 235 g/mol. The molecule has 0 spiro atoms. The van der Waals surface area contributed by atoms with Gasteiger partial charge in [0.2, 0.25) is 0 Å². The molecule has 0 unspecified atom stereocenters. The van der Waals surface area contributed by atoms with Crippen molar-refractivity contribution in [1.82, 2.24) is 5.48 Å². The molecule has 0 heterocycles. The summed E-state index contributed by atoms with van der Waals surface area (Å²) in [6.07, 6.45) is 5.61. The van der Waals surface area contributed by atoms with E-state index in [1.54, 1.807) is 0 Å². The summed E-state index contributed by atoms with van der Waals surface area (Å²) in [7, 11) is -2.87. The summed E-state index contributed by atoms with van der Waals surface area (Å²) >= 11 is 0. The molecule has 0 aliphatic heterocycles. The number of hydrogen-bond donors (Lipinski definition) is 1. The molecule has 5 heteroatoms. The van der Waals surface area contributed by atoms with Crippen LogP contribution < -0.4 is 5.48 Å². The third-order valence-corrected chi connectivity index (χ3v) is 4.44. The second-order valence-corrected chi connectivity index (χ2v) is 6.37. The van der Waals surface area contributed by atoms with Gasteiger partial charge in [-0.05, 0) is 19.3 Å². The van der Waals surface area contributed by atoms with E-state index in [0.717, 1.165) is 12.8 Å². The molecule has 0 amide bonds. The quantitative estimate of drug-likeness (QED) is 0.533. The highest BCUT2D eigenvalue weighted by atomic mass is 32.2. The van der Waals surface area contributed by atoms with E-state index in [9.17, 15) is 8.42 Å². The Morgan fingerprint density at radius 3 is 2.53 bits per heavy atom. The molecule has 0 atom stereocenters. The van der Waals surface area contributed by atoms with Gasteiger partial charge < -0.3 is 0 Å². The summed E-state index contributed by atoms with van der Waals surface area (Å²) in [5, 5.41) is 0. The lowest BCUT2D eigenvalue weighted by molar-refractivity contribution is -0.0175. The highest BCUT2D eigenvalue weighted by Crippen LogP contribution is 2.19. The van der Waals surface area contributed by atoms with Crippen LogP contribution in [0.15, 0.2) is 0 Å². The summed E-state index contributed by atoms with van der Waals surface area (Å²) in [5.74, 6) is 0.450. The van der Waals surface area contributed by atoms with Crippen LogP contribution in [0.25, 0.3) is 0 Å². The van der Waals surface area contributed by atoms with Crippen LogP contribution >= 0.6 is 0 Å². The van der Waals surface area contributed by atoms with Gasteiger partial charge in [0, 0.05) is 12.3 Å². The molecule has 0 saturated heterocycles. The van der Waals surface area contributed by atoms with E-state index >= 15 is 0 Å². The number of hydroxylamine groups is 1. The van der Waals surface area contributed by atoms with Crippen molar-refractivity contribution in [3.63, 3.8) is 0 Å². The fourth-order valence-electron chi connectivity index (χ4n) is 1.79. The number of sulfone groups is 1. The Kier molecular flexibility index (Phi) is 5.56. The molecule has 0 bridgehead atoms. The monoisotopic (exact) mass is 235 g/mol. The van der Waals surface area contributed by atoms with Gasteiger partial charge in [-0.25, -0.2) is 13.9 Å². The Balaban J connectivity index is 2.05. The van der Waals surface area contributed by atoms with Crippen molar-refractivity contribution in [1.29, 1.82) is 0 Å². The van der Waals surface area contributed by atoms with E-state index < -0.39 is 9.84 Å². The van der Waals surface area contributed by atoms with Gasteiger partial charge in [0.05, 0.1) is 11.9 Å². The SMILES string of the molecule is CCCS(=O)(=O)CCNOC1CCCC1. The van der Waals surface area contributed by atoms with Crippen LogP contribution in [0.3, 0.4) is 0 Å². The molecule has 90 valence electrons. The van der Waals surface area contributed by atoms with Crippen LogP contribution in [0.1, 0.15) is 39.0 Å². The van der Waals surface area contributed by atoms with Crippen LogP contribution in [0.2, 0.25) is 0 Å². The first kappa shape index (κ1) is 12.9. The van der Waals surface area contributed by atoms with E-state index in [1.165, 1.54) is 12.8 Å². The Morgan fingerprint density at radius 2 is 1.93 bits per heavy atom. The first-order chi connectivity index (χ1) is 7.14. The molecule has 0 aromatic carbocycles. The predicted octanol–water partition coefficient (Wildman–Crippen LogP) is 1.27. The lowest BCUT2D eigenvalue weighted by atomic mass is 10.3. The van der Waals surface area contributed by atoms with Crippen LogP contribution in [0.5, 0.6) is 0 Å². The van der Waals surface area contributed by atoms with Gasteiger partial charge in [-0.15, -0.1) is 0 Å². The maximum atomic E-state index is 11.3. The van der Waals surface area contributed by atoms with Crippen LogP contribution in [-0.2, 0) is 14.7 Å². The van der Waals surface area contributed by atoms with Crippen LogP contribution in [0.4, 0.5) is 0 Å². The molecular formula is C10H21NO3S. The molecule has 1 aliphatic rings. The molecule has 0 aromatic rings. The molecule has 1 fully saturated rings. The molecule has 1 N–H and O–H groups in total. The second kappa shape index (κ2) is 6.45. The van der Waals surface area contributed by atoms with Crippen molar-refractivity contribution >= 4 is 9.84 Å². The summed E-state index contributed by atoms with van der Waals surface area (Å²) in [6.45, 7) is 2.28. The normalized spacial score (nSPS) is 18.5. The van der Waals surface area contributed by atoms with Crippen molar-refractivity contribution in [2.75, 3.05) is 18.1 Å². The van der Waals surface area contributed by atoms with Gasteiger partial charge in [-0.1, -0.05) is 19.8 Å². The van der Waals surface area contributed by atoms with Crippen molar-refractivity contribution in [3.05, 3.63) is 0 Å². The first-order valence-corrected chi connectivity index (χ1v) is 7.55. The maximum Gasteiger partial charge on any atom is 0.151 e. The van der Waals surface area contributed by atoms with Crippen LogP contribution in [0, 0.1) is 0 Å². The van der Waals surface area contributed by atoms with E-state index in [0.29, 0.717) is 19.1 Å². The molecule has 1 saturated carbocycles. The van der Waals surface area contributed by atoms with Gasteiger partial charge >= 0.3 is 0 Å². The Morgan fingerprint density at radius 1 is 1.27 bits per heavy atom. The fourth-order valence-corrected chi connectivity index (χ4v) is 3.01. The van der Waals surface area contributed by atoms with Gasteiger partial charge in [-0.3, -0.25) is 4.84 Å². The minimum Gasteiger partial charge on any atom is -0.298 e. The van der Waals surface area contributed by atoms with Crippen molar-refractivity contribution in [2.45, 2.75) is 45.1 Å². The predicted molar refractivity (Wildman–Crippen MR) is 60.3 cm³/mol. The zero-order valence-corrected chi connectivity index (χ0v) is 10.2. The van der Waals surface area contributed by atoms with E-state index in [-0.39, 0.29) is 11.5 Å². The van der Waals surface area contributed by atoms with Crippen LogP contribution in [-0.4, -0.2) is 32.6 Å². The molecule has 0 radical (unpaired) electrons. The summed E-state index contributed by atoms with van der Waals surface area (Å²) in [5.41, 5.74) is 2.76. The van der Waals surface area contributed by atoms with Crippen molar-refractivity contribution < 1.29 is 13.3 Å². The lowest BCUT2D eigenvalue weighted by Gasteiger charge is -2.11. The Bertz CT molecular complexity index is 258. The summed E-state index contributed by atoms with van der Waals surface area (Å²) in [4.78, 5) is 5.36. The highest BCUT2D eigenvalue weighted by Gasteiger charge is 2.15. The van der Waals surface area contributed by atoms with Gasteiger partial charge in [0.1, 0.15) is 0 Å². The minimum atomic E-state index is -2.87. The minimum absolute atomic E-state index is 0.174. The fraction of sp³-hybridized carbons (Fsp3) is 1.00. The first-order valence-electron chi connectivity index (χ1n) is 5.73. The number of nitrogens with one attached hydrogen (secondary N) is 1. The second-order valence-electron chi connectivity index (χ2n) is 4.07.